The molecule has 0 fully saturated rings. The maximum atomic E-state index is 2.37. The third-order valence-corrected chi connectivity index (χ3v) is 2.92. The minimum absolute atomic E-state index is 1.03. The first-order chi connectivity index (χ1) is 8.34. The van der Waals surface area contributed by atoms with E-state index in [0.717, 1.165) is 19.6 Å². The molecule has 0 N–H and O–H groups in total. The molecule has 90 valence electrons. The molecular formula is C15H20N2. The van der Waals surface area contributed by atoms with E-state index in [1.54, 1.807) is 0 Å². The molecule has 2 nitrogen and oxygen atoms in total. The van der Waals surface area contributed by atoms with E-state index in [2.05, 4.69) is 71.4 Å². The molecule has 0 unspecified atom stereocenters. The van der Waals surface area contributed by atoms with Crippen LogP contribution in [0.4, 0.5) is 0 Å². The fourth-order valence-corrected chi connectivity index (χ4v) is 2.02. The van der Waals surface area contributed by atoms with Crippen molar-refractivity contribution in [2.75, 3.05) is 13.6 Å². The number of aromatic nitrogens is 1. The van der Waals surface area contributed by atoms with Gasteiger partial charge in [0.15, 0.2) is 0 Å². The Morgan fingerprint density at radius 2 is 1.71 bits per heavy atom. The van der Waals surface area contributed by atoms with Crippen molar-refractivity contribution in [3.63, 3.8) is 0 Å². The number of hydrogen-bond donors (Lipinski definition) is 0. The van der Waals surface area contributed by atoms with Crippen LogP contribution in [0.15, 0.2) is 54.9 Å². The summed E-state index contributed by atoms with van der Waals surface area (Å²) in [5, 5.41) is 0. The lowest BCUT2D eigenvalue weighted by Crippen LogP contribution is -2.20. The molecule has 0 saturated heterocycles. The lowest BCUT2D eigenvalue weighted by atomic mass is 10.2. The predicted molar refractivity (Wildman–Crippen MR) is 71.8 cm³/mol. The van der Waals surface area contributed by atoms with Crippen LogP contribution in [0.3, 0.4) is 0 Å². The Labute approximate surface area is 103 Å². The van der Waals surface area contributed by atoms with Crippen LogP contribution in [0.5, 0.6) is 0 Å². The van der Waals surface area contributed by atoms with Crippen molar-refractivity contribution in [1.82, 2.24) is 9.47 Å². The third-order valence-electron chi connectivity index (χ3n) is 2.92. The zero-order chi connectivity index (χ0) is 11.9. The zero-order valence-electron chi connectivity index (χ0n) is 10.4. The number of benzene rings is 1. The highest BCUT2D eigenvalue weighted by molar-refractivity contribution is 5.14. The Bertz CT molecular complexity index is 406. The molecule has 0 saturated carbocycles. The molecule has 0 atom stereocenters. The van der Waals surface area contributed by atoms with Crippen molar-refractivity contribution in [3.8, 4) is 0 Å². The molecule has 1 heterocycles. The van der Waals surface area contributed by atoms with Crippen LogP contribution in [-0.2, 0) is 13.1 Å². The third kappa shape index (κ3) is 4.08. The summed E-state index contributed by atoms with van der Waals surface area (Å²) in [5.74, 6) is 0. The average Bonchev–Trinajstić information content (AvgIpc) is 2.83. The molecule has 2 rings (SSSR count). The Morgan fingerprint density at radius 1 is 1.00 bits per heavy atom. The molecule has 1 aromatic carbocycles. The zero-order valence-corrected chi connectivity index (χ0v) is 10.4. The fourth-order valence-electron chi connectivity index (χ4n) is 2.02. The van der Waals surface area contributed by atoms with Crippen molar-refractivity contribution in [1.29, 1.82) is 0 Å². The first kappa shape index (κ1) is 11.9. The van der Waals surface area contributed by atoms with Crippen LogP contribution in [0.1, 0.15) is 12.0 Å². The Hall–Kier alpha value is -1.54. The molecule has 1 aromatic heterocycles. The molecule has 0 radical (unpaired) electrons. The summed E-state index contributed by atoms with van der Waals surface area (Å²) in [6.07, 6.45) is 5.44. The maximum Gasteiger partial charge on any atom is 0.0231 e. The molecule has 0 bridgehead atoms. The second kappa shape index (κ2) is 6.26. The fraction of sp³-hybridized carbons (Fsp3) is 0.333. The molecule has 0 aliphatic carbocycles. The maximum absolute atomic E-state index is 2.37. The first-order valence-corrected chi connectivity index (χ1v) is 6.18. The minimum atomic E-state index is 1.03. The van der Waals surface area contributed by atoms with Gasteiger partial charge in [0.05, 0.1) is 0 Å². The molecule has 2 heteroatoms. The van der Waals surface area contributed by atoms with Crippen LogP contribution in [0, 0.1) is 0 Å². The normalized spacial score (nSPS) is 10.9. The van der Waals surface area contributed by atoms with Gasteiger partial charge >= 0.3 is 0 Å². The molecule has 0 amide bonds. The summed E-state index contributed by atoms with van der Waals surface area (Å²) in [6.45, 7) is 3.27. The van der Waals surface area contributed by atoms with Gasteiger partial charge in [-0.2, -0.15) is 0 Å². The summed E-state index contributed by atoms with van der Waals surface area (Å²) in [5.41, 5.74) is 1.39. The molecular weight excluding hydrogens is 208 g/mol. The van der Waals surface area contributed by atoms with Gasteiger partial charge in [0, 0.05) is 25.5 Å². The SMILES string of the molecule is CN(CCCn1cccc1)Cc1ccccc1. The van der Waals surface area contributed by atoms with E-state index in [4.69, 9.17) is 0 Å². The van der Waals surface area contributed by atoms with Crippen molar-refractivity contribution < 1.29 is 0 Å². The van der Waals surface area contributed by atoms with E-state index in [-0.39, 0.29) is 0 Å². The monoisotopic (exact) mass is 228 g/mol. The highest BCUT2D eigenvalue weighted by Gasteiger charge is 1.99. The lowest BCUT2D eigenvalue weighted by molar-refractivity contribution is 0.314. The molecule has 2 aromatic rings. The smallest absolute Gasteiger partial charge is 0.0231 e. The van der Waals surface area contributed by atoms with Crippen LogP contribution in [-0.4, -0.2) is 23.1 Å². The Balaban J connectivity index is 1.69. The number of nitrogens with zero attached hydrogens (tertiary/aromatic N) is 2. The van der Waals surface area contributed by atoms with Crippen LogP contribution >= 0.6 is 0 Å². The number of hydrogen-bond acceptors (Lipinski definition) is 1. The summed E-state index contributed by atoms with van der Waals surface area (Å²) >= 11 is 0. The van der Waals surface area contributed by atoms with E-state index >= 15 is 0 Å². The van der Waals surface area contributed by atoms with Gasteiger partial charge in [0.25, 0.3) is 0 Å². The van der Waals surface area contributed by atoms with Gasteiger partial charge < -0.3 is 9.47 Å². The highest BCUT2D eigenvalue weighted by Crippen LogP contribution is 2.03. The van der Waals surface area contributed by atoms with Crippen LogP contribution in [0.25, 0.3) is 0 Å². The molecule has 0 aliphatic heterocycles. The topological polar surface area (TPSA) is 8.17 Å². The van der Waals surface area contributed by atoms with Gasteiger partial charge in [-0.15, -0.1) is 0 Å². The second-order valence-electron chi connectivity index (χ2n) is 4.50. The van der Waals surface area contributed by atoms with Gasteiger partial charge in [-0.05, 0) is 37.7 Å². The summed E-state index contributed by atoms with van der Waals surface area (Å²) in [6, 6.07) is 14.8. The average molecular weight is 228 g/mol. The largest absolute Gasteiger partial charge is 0.354 e. The van der Waals surface area contributed by atoms with Gasteiger partial charge in [-0.1, -0.05) is 30.3 Å². The van der Waals surface area contributed by atoms with E-state index in [1.165, 1.54) is 12.0 Å². The van der Waals surface area contributed by atoms with Crippen molar-refractivity contribution in [2.24, 2.45) is 0 Å². The van der Waals surface area contributed by atoms with Crippen molar-refractivity contribution in [2.45, 2.75) is 19.5 Å². The number of rotatable bonds is 6. The van der Waals surface area contributed by atoms with Crippen LogP contribution in [0.2, 0.25) is 0 Å². The molecule has 0 aliphatic rings. The van der Waals surface area contributed by atoms with Gasteiger partial charge in [0.2, 0.25) is 0 Å². The Morgan fingerprint density at radius 3 is 2.41 bits per heavy atom. The van der Waals surface area contributed by atoms with Crippen molar-refractivity contribution in [3.05, 3.63) is 60.4 Å². The highest BCUT2D eigenvalue weighted by atomic mass is 15.1. The number of aryl methyl sites for hydroxylation is 1. The van der Waals surface area contributed by atoms with E-state index in [1.807, 2.05) is 0 Å². The first-order valence-electron chi connectivity index (χ1n) is 6.18. The lowest BCUT2D eigenvalue weighted by Gasteiger charge is -2.16. The standard InChI is InChI=1S/C15H20N2/c1-16(14-15-8-3-2-4-9-15)10-7-13-17-11-5-6-12-17/h2-6,8-9,11-12H,7,10,13-14H2,1H3. The van der Waals surface area contributed by atoms with Crippen molar-refractivity contribution >= 4 is 0 Å². The summed E-state index contributed by atoms with van der Waals surface area (Å²) in [7, 11) is 2.18. The Kier molecular flexibility index (Phi) is 4.39. The summed E-state index contributed by atoms with van der Waals surface area (Å²) < 4.78 is 2.23. The van der Waals surface area contributed by atoms with E-state index in [9.17, 15) is 0 Å². The molecule has 0 spiro atoms. The minimum Gasteiger partial charge on any atom is -0.354 e. The van der Waals surface area contributed by atoms with Gasteiger partial charge in [0.1, 0.15) is 0 Å². The van der Waals surface area contributed by atoms with Crippen LogP contribution < -0.4 is 0 Å². The second-order valence-corrected chi connectivity index (χ2v) is 4.50. The quantitative estimate of drug-likeness (QED) is 0.738. The van der Waals surface area contributed by atoms with E-state index < -0.39 is 0 Å². The summed E-state index contributed by atoms with van der Waals surface area (Å²) in [4.78, 5) is 2.37. The van der Waals surface area contributed by atoms with Gasteiger partial charge in [-0.25, -0.2) is 0 Å². The van der Waals surface area contributed by atoms with E-state index in [0.29, 0.717) is 0 Å². The molecule has 17 heavy (non-hydrogen) atoms. The van der Waals surface area contributed by atoms with Gasteiger partial charge in [-0.3, -0.25) is 0 Å². The predicted octanol–water partition coefficient (Wildman–Crippen LogP) is 3.01.